The molecule has 116 valence electrons. The summed E-state index contributed by atoms with van der Waals surface area (Å²) in [5, 5.41) is 0.700. The number of carbonyl (C=O) groups is 1. The van der Waals surface area contributed by atoms with Crippen molar-refractivity contribution in [1.29, 1.82) is 0 Å². The van der Waals surface area contributed by atoms with Crippen LogP contribution in [-0.4, -0.2) is 23.4 Å². The molecule has 22 heavy (non-hydrogen) atoms. The second-order valence-corrected chi connectivity index (χ2v) is 6.40. The average molecular weight is 318 g/mol. The standard InChI is InChI=1S/C18H20ClNO2/c1-12-11-14(19)6-7-15(12)16-8-9-17(22-16)18(21)20-10-4-3-5-13(20)2/h6-9,11,13H,3-5,10H2,1-2H3. The highest BCUT2D eigenvalue weighted by Gasteiger charge is 2.26. The van der Waals surface area contributed by atoms with E-state index in [1.807, 2.05) is 36.1 Å². The van der Waals surface area contributed by atoms with Crippen LogP contribution in [0, 0.1) is 6.92 Å². The van der Waals surface area contributed by atoms with Crippen LogP contribution in [0.4, 0.5) is 0 Å². The molecule has 3 rings (SSSR count). The summed E-state index contributed by atoms with van der Waals surface area (Å²) in [7, 11) is 0. The second-order valence-electron chi connectivity index (χ2n) is 5.97. The molecule has 0 radical (unpaired) electrons. The smallest absolute Gasteiger partial charge is 0.289 e. The molecular weight excluding hydrogens is 298 g/mol. The van der Waals surface area contributed by atoms with Gasteiger partial charge in [0.05, 0.1) is 0 Å². The van der Waals surface area contributed by atoms with Gasteiger partial charge in [-0.3, -0.25) is 4.79 Å². The maximum atomic E-state index is 12.6. The number of hydrogen-bond donors (Lipinski definition) is 0. The van der Waals surface area contributed by atoms with Crippen molar-refractivity contribution in [2.45, 2.75) is 39.2 Å². The lowest BCUT2D eigenvalue weighted by molar-refractivity contribution is 0.0604. The Hall–Kier alpha value is -1.74. The van der Waals surface area contributed by atoms with E-state index in [0.717, 1.165) is 30.5 Å². The topological polar surface area (TPSA) is 33.5 Å². The third-order valence-electron chi connectivity index (χ3n) is 4.33. The normalized spacial score (nSPS) is 18.5. The summed E-state index contributed by atoms with van der Waals surface area (Å²) in [6.45, 7) is 4.90. The minimum Gasteiger partial charge on any atom is -0.451 e. The monoisotopic (exact) mass is 317 g/mol. The second kappa shape index (κ2) is 6.17. The van der Waals surface area contributed by atoms with E-state index >= 15 is 0 Å². The highest BCUT2D eigenvalue weighted by molar-refractivity contribution is 6.30. The van der Waals surface area contributed by atoms with E-state index in [1.165, 1.54) is 6.42 Å². The fraction of sp³-hybridized carbons (Fsp3) is 0.389. The summed E-state index contributed by atoms with van der Waals surface area (Å²) in [6, 6.07) is 9.57. The first kappa shape index (κ1) is 15.2. The van der Waals surface area contributed by atoms with Crippen molar-refractivity contribution in [2.75, 3.05) is 6.54 Å². The van der Waals surface area contributed by atoms with Crippen molar-refractivity contribution in [3.8, 4) is 11.3 Å². The molecule has 2 aromatic rings. The predicted molar refractivity (Wildman–Crippen MR) is 88.2 cm³/mol. The first-order valence-corrected chi connectivity index (χ1v) is 8.11. The number of furan rings is 1. The Morgan fingerprint density at radius 2 is 2.09 bits per heavy atom. The van der Waals surface area contributed by atoms with Crippen LogP contribution in [0.3, 0.4) is 0 Å². The highest BCUT2D eigenvalue weighted by atomic mass is 35.5. The molecule has 1 amide bonds. The van der Waals surface area contributed by atoms with Gasteiger partial charge in [0.2, 0.25) is 0 Å². The van der Waals surface area contributed by atoms with Gasteiger partial charge in [0, 0.05) is 23.2 Å². The average Bonchev–Trinajstić information content (AvgIpc) is 2.96. The van der Waals surface area contributed by atoms with Crippen LogP contribution in [0.1, 0.15) is 42.3 Å². The highest BCUT2D eigenvalue weighted by Crippen LogP contribution is 2.29. The fourth-order valence-electron chi connectivity index (χ4n) is 3.04. The lowest BCUT2D eigenvalue weighted by Gasteiger charge is -2.32. The van der Waals surface area contributed by atoms with Gasteiger partial charge in [0.25, 0.3) is 5.91 Å². The van der Waals surface area contributed by atoms with Gasteiger partial charge in [0.1, 0.15) is 5.76 Å². The molecule has 1 aromatic carbocycles. The van der Waals surface area contributed by atoms with E-state index in [9.17, 15) is 4.79 Å². The van der Waals surface area contributed by atoms with Crippen molar-refractivity contribution in [2.24, 2.45) is 0 Å². The first-order valence-electron chi connectivity index (χ1n) is 7.73. The van der Waals surface area contributed by atoms with E-state index in [4.69, 9.17) is 16.0 Å². The number of halogens is 1. The van der Waals surface area contributed by atoms with E-state index in [2.05, 4.69) is 6.92 Å². The van der Waals surface area contributed by atoms with E-state index < -0.39 is 0 Å². The molecule has 0 saturated carbocycles. The van der Waals surface area contributed by atoms with Crippen LogP contribution in [0.15, 0.2) is 34.7 Å². The van der Waals surface area contributed by atoms with Crippen LogP contribution >= 0.6 is 11.6 Å². The number of likely N-dealkylation sites (tertiary alicyclic amines) is 1. The maximum absolute atomic E-state index is 12.6. The van der Waals surface area contributed by atoms with Gasteiger partial charge in [-0.15, -0.1) is 0 Å². The summed E-state index contributed by atoms with van der Waals surface area (Å²) in [5.74, 6) is 1.12. The Balaban J connectivity index is 1.85. The zero-order valence-corrected chi connectivity index (χ0v) is 13.7. The van der Waals surface area contributed by atoms with E-state index in [1.54, 1.807) is 6.07 Å². The molecule has 3 nitrogen and oxygen atoms in total. The molecule has 0 spiro atoms. The van der Waals surface area contributed by atoms with Gasteiger partial charge in [0.15, 0.2) is 5.76 Å². The van der Waals surface area contributed by atoms with Crippen LogP contribution < -0.4 is 0 Å². The molecule has 0 N–H and O–H groups in total. The van der Waals surface area contributed by atoms with Gasteiger partial charge in [-0.25, -0.2) is 0 Å². The van der Waals surface area contributed by atoms with Crippen molar-refractivity contribution >= 4 is 17.5 Å². The number of hydrogen-bond acceptors (Lipinski definition) is 2. The number of piperidine rings is 1. The lowest BCUT2D eigenvalue weighted by atomic mass is 10.0. The molecule has 1 atom stereocenters. The Kier molecular flexibility index (Phi) is 4.25. The van der Waals surface area contributed by atoms with E-state index in [-0.39, 0.29) is 11.9 Å². The van der Waals surface area contributed by atoms with Gasteiger partial charge < -0.3 is 9.32 Å². The van der Waals surface area contributed by atoms with Crippen LogP contribution in [0.2, 0.25) is 5.02 Å². The largest absolute Gasteiger partial charge is 0.451 e. The minimum absolute atomic E-state index is 0.00920. The van der Waals surface area contributed by atoms with Crippen molar-refractivity contribution in [3.63, 3.8) is 0 Å². The molecule has 0 aliphatic carbocycles. The first-order chi connectivity index (χ1) is 10.6. The summed E-state index contributed by atoms with van der Waals surface area (Å²) >= 11 is 5.99. The summed E-state index contributed by atoms with van der Waals surface area (Å²) in [6.07, 6.45) is 3.33. The molecule has 4 heteroatoms. The zero-order valence-electron chi connectivity index (χ0n) is 12.9. The van der Waals surface area contributed by atoms with Crippen LogP contribution in [0.25, 0.3) is 11.3 Å². The molecule has 1 aliphatic heterocycles. The number of rotatable bonds is 2. The number of amides is 1. The molecule has 1 saturated heterocycles. The molecule has 1 fully saturated rings. The Bertz CT molecular complexity index is 692. The van der Waals surface area contributed by atoms with Gasteiger partial charge in [-0.2, -0.15) is 0 Å². The summed E-state index contributed by atoms with van der Waals surface area (Å²) in [5.41, 5.74) is 2.00. The van der Waals surface area contributed by atoms with Gasteiger partial charge in [-0.05, 0) is 69.0 Å². The minimum atomic E-state index is -0.00920. The number of nitrogens with zero attached hydrogens (tertiary/aromatic N) is 1. The zero-order chi connectivity index (χ0) is 15.7. The predicted octanol–water partition coefficient (Wildman–Crippen LogP) is 4.92. The molecular formula is C18H20ClNO2. The lowest BCUT2D eigenvalue weighted by Crippen LogP contribution is -2.41. The summed E-state index contributed by atoms with van der Waals surface area (Å²) < 4.78 is 5.82. The van der Waals surface area contributed by atoms with Gasteiger partial charge >= 0.3 is 0 Å². The Labute approximate surface area is 135 Å². The number of aryl methyl sites for hydroxylation is 1. The molecule has 2 heterocycles. The third kappa shape index (κ3) is 2.91. The van der Waals surface area contributed by atoms with Crippen LogP contribution in [-0.2, 0) is 0 Å². The van der Waals surface area contributed by atoms with Crippen LogP contribution in [0.5, 0.6) is 0 Å². The quantitative estimate of drug-likeness (QED) is 0.787. The van der Waals surface area contributed by atoms with Gasteiger partial charge in [-0.1, -0.05) is 11.6 Å². The summed E-state index contributed by atoms with van der Waals surface area (Å²) in [4.78, 5) is 14.5. The fourth-order valence-corrected chi connectivity index (χ4v) is 3.27. The molecule has 1 aliphatic rings. The van der Waals surface area contributed by atoms with Crippen molar-refractivity contribution < 1.29 is 9.21 Å². The van der Waals surface area contributed by atoms with Crippen molar-refractivity contribution in [3.05, 3.63) is 46.7 Å². The van der Waals surface area contributed by atoms with Crippen molar-refractivity contribution in [1.82, 2.24) is 4.90 Å². The van der Waals surface area contributed by atoms with E-state index in [0.29, 0.717) is 16.5 Å². The third-order valence-corrected chi connectivity index (χ3v) is 4.57. The number of carbonyl (C=O) groups excluding carboxylic acids is 1. The number of benzene rings is 1. The molecule has 0 bridgehead atoms. The molecule has 1 unspecified atom stereocenters. The SMILES string of the molecule is Cc1cc(Cl)ccc1-c1ccc(C(=O)N2CCCCC2C)o1. The Morgan fingerprint density at radius 1 is 1.27 bits per heavy atom. The molecule has 1 aromatic heterocycles. The Morgan fingerprint density at radius 3 is 2.82 bits per heavy atom. The maximum Gasteiger partial charge on any atom is 0.289 e.